The minimum Gasteiger partial charge on any atom is -0.492 e. The zero-order chi connectivity index (χ0) is 56.4. The maximum atomic E-state index is 15.0. The van der Waals surface area contributed by atoms with Gasteiger partial charge in [-0.1, -0.05) is 103 Å². The van der Waals surface area contributed by atoms with Crippen molar-refractivity contribution in [2.45, 2.75) is 171 Å². The smallest absolute Gasteiger partial charge is 0.475 e. The highest BCUT2D eigenvalue weighted by atomic mass is 31.2. The molecule has 2 saturated heterocycles. The number of nitrogen functional groups attached to an aromatic ring is 2. The fourth-order valence-electron chi connectivity index (χ4n) is 9.94. The summed E-state index contributed by atoms with van der Waals surface area (Å²) in [5.41, 5.74) is 8.38. The second kappa shape index (κ2) is 28.9. The number of nitrogens with zero attached hydrogens (tertiary/aromatic N) is 9. The predicted molar refractivity (Wildman–Crippen MR) is 286 cm³/mol. The van der Waals surface area contributed by atoms with E-state index in [4.69, 9.17) is 48.7 Å². The third-order valence-corrected chi connectivity index (χ3v) is 15.7. The molecule has 6 heterocycles. The molecule has 2 fully saturated rings. The number of aromatic nitrogens is 6. The molecule has 0 spiro atoms. The summed E-state index contributed by atoms with van der Waals surface area (Å²) in [6.45, 7) is 2.34. The van der Waals surface area contributed by atoms with Crippen LogP contribution in [0.15, 0.2) is 55.1 Å². The van der Waals surface area contributed by atoms with Crippen LogP contribution < -0.4 is 20.9 Å². The lowest BCUT2D eigenvalue weighted by Crippen LogP contribution is -2.41. The molecule has 4 aromatic heterocycles. The number of aliphatic hydroxyl groups excluding tert-OH is 4. The van der Waals surface area contributed by atoms with Crippen molar-refractivity contribution in [1.82, 2.24) is 29.2 Å². The molecule has 0 unspecified atom stereocenters. The average molecular weight is 1120 g/mol. The van der Waals surface area contributed by atoms with E-state index >= 15 is 4.57 Å². The Morgan fingerprint density at radius 2 is 1.15 bits per heavy atom. The van der Waals surface area contributed by atoms with Crippen molar-refractivity contribution in [3.8, 4) is 29.7 Å². The third kappa shape index (κ3) is 14.5. The van der Waals surface area contributed by atoms with Crippen LogP contribution in [0, 0.1) is 34.0 Å². The van der Waals surface area contributed by atoms with Crippen LogP contribution in [0.5, 0.6) is 11.5 Å². The van der Waals surface area contributed by atoms with Crippen LogP contribution in [0.4, 0.5) is 11.6 Å². The number of benzene rings is 1. The van der Waals surface area contributed by atoms with Gasteiger partial charge in [0.1, 0.15) is 96.1 Å². The lowest BCUT2D eigenvalue weighted by Gasteiger charge is -2.26. The first-order valence-electron chi connectivity index (χ1n) is 27.3. The number of nitrogens with two attached hydrogens (primary N) is 2. The number of hydrogen-bond acceptors (Lipinski definition) is 22. The highest BCUT2D eigenvalue weighted by molar-refractivity contribution is 7.48. The number of rotatable bonds is 34. The fourth-order valence-corrected chi connectivity index (χ4v) is 11.2. The molecule has 24 nitrogen and oxygen atoms in total. The van der Waals surface area contributed by atoms with Gasteiger partial charge in [0.2, 0.25) is 11.2 Å². The maximum absolute atomic E-state index is 15.0. The van der Waals surface area contributed by atoms with E-state index in [-0.39, 0.29) is 64.3 Å². The molecule has 0 bridgehead atoms. The highest BCUT2D eigenvalue weighted by Gasteiger charge is 2.60. The van der Waals surface area contributed by atoms with Crippen LogP contribution >= 0.6 is 7.82 Å². The lowest BCUT2D eigenvalue weighted by molar-refractivity contribution is -0.0756. The second-order valence-electron chi connectivity index (χ2n) is 19.9. The van der Waals surface area contributed by atoms with Gasteiger partial charge in [0, 0.05) is 12.7 Å². The summed E-state index contributed by atoms with van der Waals surface area (Å²) in [6, 6.07) is 16.4. The Morgan fingerprint density at radius 1 is 0.671 bits per heavy atom. The van der Waals surface area contributed by atoms with Crippen molar-refractivity contribution in [1.29, 1.82) is 15.8 Å². The van der Waals surface area contributed by atoms with Gasteiger partial charge in [-0.25, -0.2) is 23.6 Å². The van der Waals surface area contributed by atoms with Crippen LogP contribution in [0.3, 0.4) is 0 Å². The number of ether oxygens (including phenoxy) is 5. The topological polar surface area (TPSA) is 356 Å². The Morgan fingerprint density at radius 3 is 1.61 bits per heavy atom. The Labute approximate surface area is 459 Å². The molecule has 8 N–H and O–H groups in total. The zero-order valence-electron chi connectivity index (χ0n) is 44.9. The van der Waals surface area contributed by atoms with Gasteiger partial charge in [-0.15, -0.1) is 0 Å². The number of phosphoric ester groups is 1. The monoisotopic (exact) mass is 1120 g/mol. The van der Waals surface area contributed by atoms with Gasteiger partial charge < -0.3 is 55.6 Å². The van der Waals surface area contributed by atoms with Gasteiger partial charge >= 0.3 is 7.82 Å². The van der Waals surface area contributed by atoms with Crippen molar-refractivity contribution in [2.24, 2.45) is 0 Å². The molecule has 0 amide bonds. The number of hydrogen-bond donors (Lipinski definition) is 6. The van der Waals surface area contributed by atoms with Crippen molar-refractivity contribution in [3.05, 3.63) is 72.1 Å². The van der Waals surface area contributed by atoms with E-state index in [2.05, 4.69) is 33.2 Å². The van der Waals surface area contributed by atoms with Crippen LogP contribution in [0.1, 0.15) is 134 Å². The number of unbranched alkanes of at least 4 members (excludes halogenated alkanes) is 15. The summed E-state index contributed by atoms with van der Waals surface area (Å²) < 4.78 is 65.5. The first kappa shape index (κ1) is 60.6. The van der Waals surface area contributed by atoms with E-state index in [1.807, 2.05) is 12.1 Å². The van der Waals surface area contributed by atoms with Crippen molar-refractivity contribution in [3.63, 3.8) is 0 Å². The minimum absolute atomic E-state index is 0.00414. The highest BCUT2D eigenvalue weighted by Crippen LogP contribution is 2.52. The molecular formula is C54H74N11O13P. The minimum atomic E-state index is -5.00. The Balaban J connectivity index is 1.04. The number of anilines is 2. The van der Waals surface area contributed by atoms with Gasteiger partial charge in [0.25, 0.3) is 0 Å². The zero-order valence-corrected chi connectivity index (χ0v) is 45.8. The van der Waals surface area contributed by atoms with Gasteiger partial charge in [0.05, 0.1) is 50.0 Å². The van der Waals surface area contributed by atoms with E-state index in [1.54, 1.807) is 13.0 Å². The summed E-state index contributed by atoms with van der Waals surface area (Å²) in [5, 5.41) is 84.8. The summed E-state index contributed by atoms with van der Waals surface area (Å²) in [6.07, 6.45) is 10.1. The Hall–Kier alpha value is -6.04. The molecule has 5 aromatic rings. The summed E-state index contributed by atoms with van der Waals surface area (Å²) >= 11 is 0. The molecule has 9 atom stereocenters. The van der Waals surface area contributed by atoms with Gasteiger partial charge in [-0.05, 0) is 49.7 Å². The summed E-state index contributed by atoms with van der Waals surface area (Å²) in [7, 11) is -5.00. The Bertz CT molecular complexity index is 2800. The average Bonchev–Trinajstić information content (AvgIpc) is 4.41. The van der Waals surface area contributed by atoms with E-state index in [0.717, 1.165) is 38.3 Å². The molecule has 2 aliphatic rings. The molecule has 25 heteroatoms. The van der Waals surface area contributed by atoms with Gasteiger partial charge in [0.15, 0.2) is 11.6 Å². The molecule has 79 heavy (non-hydrogen) atoms. The summed E-state index contributed by atoms with van der Waals surface area (Å²) in [5.74, 6) is 0.645. The standard InChI is InChI=1S/C54H74N11O13P/c1-3-5-6-7-8-9-10-11-12-13-14-15-16-17-18-19-26-71-29-39(76-38-21-20-37(28-55)42(27-38)72-4-2)30-73-79(70,74-31-43-47(66)49(68)53(33-56,77-43)45-24-22-40-51(58)60-35-62-64(40)45)75-32-44-48(67)50(69)54(34-57,78-44)46-25-23-41-52(59)61-36-63-65(41)46/h20-25,27,35-36,39,43-44,47-50,66-69H,3-19,26,29-32H2,1-2H3,(H2,58,60,62)(H2,59,61,63)/t39-,43-,44-,47-,48-,49-,50-,53+,54+/m1/s1. The van der Waals surface area contributed by atoms with Gasteiger partial charge in [-0.3, -0.25) is 13.6 Å². The first-order valence-corrected chi connectivity index (χ1v) is 28.8. The SMILES string of the molecule is CCCCCCCCCCCCCCCCCCOC[C@H](COP(=O)(OC[C@H]1O[C@@](C#N)(c2ccc3c(N)ncnn23)[C@H](O)[C@@H]1O)OC[C@H]1O[C@@](C#N)(c2ccc3c(N)ncnn23)[C@H](O)[C@@H]1O)Oc1ccc(C#N)c(OCC)c1. The van der Waals surface area contributed by atoms with E-state index in [9.17, 15) is 36.2 Å². The van der Waals surface area contributed by atoms with Crippen LogP contribution in [0.2, 0.25) is 0 Å². The molecular weight excluding hydrogens is 1040 g/mol. The molecule has 428 valence electrons. The van der Waals surface area contributed by atoms with E-state index in [1.165, 1.54) is 122 Å². The van der Waals surface area contributed by atoms with Crippen molar-refractivity contribution < 1.29 is 62.2 Å². The van der Waals surface area contributed by atoms with Gasteiger partial charge in [-0.2, -0.15) is 26.0 Å². The van der Waals surface area contributed by atoms with Crippen LogP contribution in [-0.2, 0) is 43.5 Å². The number of phosphoric acid groups is 1. The molecule has 0 saturated carbocycles. The molecule has 2 aliphatic heterocycles. The normalized spacial score (nSPS) is 23.4. The Kier molecular flexibility index (Phi) is 22.2. The molecule has 0 aliphatic carbocycles. The molecule has 0 radical (unpaired) electrons. The van der Waals surface area contributed by atoms with E-state index < -0.39 is 81.6 Å². The molecule has 1 aromatic carbocycles. The number of nitriles is 3. The van der Waals surface area contributed by atoms with Crippen molar-refractivity contribution >= 4 is 30.5 Å². The van der Waals surface area contributed by atoms with E-state index in [0.29, 0.717) is 6.61 Å². The first-order chi connectivity index (χ1) is 38.3. The second-order valence-corrected chi connectivity index (χ2v) is 21.5. The predicted octanol–water partition coefficient (Wildman–Crippen LogP) is 6.47. The summed E-state index contributed by atoms with van der Waals surface area (Å²) in [4.78, 5) is 7.91. The molecule has 7 rings (SSSR count). The number of aliphatic hydroxyl groups is 4. The third-order valence-electron chi connectivity index (χ3n) is 14.3. The largest absolute Gasteiger partial charge is 0.492 e. The van der Waals surface area contributed by atoms with Crippen LogP contribution in [0.25, 0.3) is 11.0 Å². The lowest BCUT2D eigenvalue weighted by atomic mass is 9.92. The number of fused-ring (bicyclic) bond motifs is 2. The fraction of sp³-hybridized carbons (Fsp3) is 0.611. The van der Waals surface area contributed by atoms with Crippen molar-refractivity contribution in [2.75, 3.05) is 51.1 Å². The maximum Gasteiger partial charge on any atom is 0.475 e. The quantitative estimate of drug-likeness (QED) is 0.0190. The van der Waals surface area contributed by atoms with Crippen LogP contribution in [-0.4, -0.2) is 132 Å².